The van der Waals surface area contributed by atoms with Gasteiger partial charge in [0.15, 0.2) is 0 Å². The molecule has 1 N–H and O–H groups in total. The summed E-state index contributed by atoms with van der Waals surface area (Å²) in [6.07, 6.45) is -1.36. The molecular formula is C27H24F6N3. The van der Waals surface area contributed by atoms with Crippen LogP contribution in [0.2, 0.25) is 0 Å². The fraction of sp³-hybridized carbons (Fsp3) is 0.370. The fourth-order valence-electron chi connectivity index (χ4n) is 5.18. The number of imidazole rings is 1. The molecule has 1 aromatic heterocycles. The Balaban J connectivity index is 1.51. The first-order valence-electron chi connectivity index (χ1n) is 11.7. The number of aromatic amines is 1. The van der Waals surface area contributed by atoms with Crippen molar-refractivity contribution in [1.82, 2.24) is 14.9 Å². The normalized spacial score (nSPS) is 23.2. The summed E-state index contributed by atoms with van der Waals surface area (Å²) < 4.78 is 79.4. The highest BCUT2D eigenvalue weighted by atomic mass is 19.4. The third-order valence-corrected chi connectivity index (χ3v) is 7.19. The quantitative estimate of drug-likeness (QED) is 0.370. The van der Waals surface area contributed by atoms with E-state index < -0.39 is 29.0 Å². The average molecular weight is 504 g/mol. The summed E-state index contributed by atoms with van der Waals surface area (Å²) in [7, 11) is 0. The Morgan fingerprint density at radius 2 is 1.75 bits per heavy atom. The number of nitrogens with zero attached hydrogens (tertiary/aromatic N) is 2. The second-order valence-electron chi connectivity index (χ2n) is 9.64. The Morgan fingerprint density at radius 1 is 1.03 bits per heavy atom. The molecule has 2 atom stereocenters. The summed E-state index contributed by atoms with van der Waals surface area (Å²) in [5, 5.41) is 0. The Hall–Kier alpha value is -3.23. The molecule has 1 saturated heterocycles. The second-order valence-corrected chi connectivity index (χ2v) is 9.64. The summed E-state index contributed by atoms with van der Waals surface area (Å²) >= 11 is 0. The molecule has 0 saturated carbocycles. The van der Waals surface area contributed by atoms with E-state index in [1.54, 1.807) is 6.07 Å². The van der Waals surface area contributed by atoms with Gasteiger partial charge in [0.25, 0.3) is 0 Å². The molecule has 2 aliphatic rings. The van der Waals surface area contributed by atoms with Crippen molar-refractivity contribution in [2.24, 2.45) is 0 Å². The summed E-state index contributed by atoms with van der Waals surface area (Å²) in [6.45, 7) is 4.60. The minimum Gasteiger partial charge on any atom is -0.358 e. The monoisotopic (exact) mass is 504 g/mol. The van der Waals surface area contributed by atoms with Crippen molar-refractivity contribution in [2.75, 3.05) is 6.54 Å². The minimum atomic E-state index is -4.46. The molecule has 36 heavy (non-hydrogen) atoms. The number of hydrogen-bond acceptors (Lipinski definition) is 2. The highest BCUT2D eigenvalue weighted by molar-refractivity contribution is 5.76. The van der Waals surface area contributed by atoms with Gasteiger partial charge < -0.3 is 9.88 Å². The van der Waals surface area contributed by atoms with E-state index in [-0.39, 0.29) is 11.4 Å². The van der Waals surface area contributed by atoms with E-state index in [0.29, 0.717) is 36.3 Å². The number of aromatic nitrogens is 2. The molecule has 9 heteroatoms. The molecule has 1 aliphatic heterocycles. The first-order valence-corrected chi connectivity index (χ1v) is 11.7. The standard InChI is InChI=1S/C27H24F6N3/c1-16-7-8-18(17-5-3-6-19(13-17)26(28,29)30)14-23(16)36-12-4-11-25(36,2)24-34-21-10-9-20(27(31,32)33)15-22(21)35-24/h3,5-7,9-10,13,15,18H,4,8,11-12H2,1-2H3,(H,34,35)/t18?,25-/m0/s1. The van der Waals surface area contributed by atoms with Crippen molar-refractivity contribution in [1.29, 1.82) is 0 Å². The highest BCUT2D eigenvalue weighted by Gasteiger charge is 2.43. The van der Waals surface area contributed by atoms with Crippen LogP contribution in [-0.2, 0) is 17.9 Å². The van der Waals surface area contributed by atoms with Crippen LogP contribution in [-0.4, -0.2) is 21.4 Å². The molecule has 5 rings (SSSR count). The number of allylic oxidation sites excluding steroid dienone is 3. The molecule has 1 aliphatic carbocycles. The summed E-state index contributed by atoms with van der Waals surface area (Å²) in [5.41, 5.74) is 0.959. The van der Waals surface area contributed by atoms with Gasteiger partial charge in [-0.05, 0) is 74.6 Å². The van der Waals surface area contributed by atoms with Crippen LogP contribution in [0, 0.1) is 6.08 Å². The number of halogens is 6. The molecule has 2 aromatic carbocycles. The van der Waals surface area contributed by atoms with Gasteiger partial charge in [-0.1, -0.05) is 24.3 Å². The van der Waals surface area contributed by atoms with Crippen LogP contribution in [0.5, 0.6) is 0 Å². The van der Waals surface area contributed by atoms with Crippen molar-refractivity contribution >= 4 is 11.0 Å². The van der Waals surface area contributed by atoms with E-state index in [1.807, 2.05) is 19.9 Å². The van der Waals surface area contributed by atoms with Crippen LogP contribution in [0.25, 0.3) is 11.0 Å². The first kappa shape index (κ1) is 24.5. The molecular weight excluding hydrogens is 480 g/mol. The maximum absolute atomic E-state index is 13.3. The number of alkyl halides is 6. The lowest BCUT2D eigenvalue weighted by Crippen LogP contribution is -2.40. The van der Waals surface area contributed by atoms with Crippen LogP contribution in [0.4, 0.5) is 26.3 Å². The van der Waals surface area contributed by atoms with Crippen LogP contribution in [0.15, 0.2) is 59.8 Å². The SMILES string of the molecule is CC1=CCC(c2cccc(C(F)(F)F)c2)[C]=C1N1CCC[C@@]1(C)c1nc2cc(C(F)(F)F)ccc2[nH]1. The maximum Gasteiger partial charge on any atom is 0.416 e. The molecule has 2 heterocycles. The highest BCUT2D eigenvalue weighted by Crippen LogP contribution is 2.44. The van der Waals surface area contributed by atoms with E-state index in [2.05, 4.69) is 20.9 Å². The molecule has 3 nitrogen and oxygen atoms in total. The zero-order valence-electron chi connectivity index (χ0n) is 19.7. The molecule has 3 aromatic rings. The maximum atomic E-state index is 13.3. The van der Waals surface area contributed by atoms with E-state index in [1.165, 1.54) is 18.2 Å². The molecule has 0 bridgehead atoms. The number of hydrogen-bond donors (Lipinski definition) is 1. The molecule has 1 fully saturated rings. The number of nitrogens with one attached hydrogen (secondary N) is 1. The number of H-pyrrole nitrogens is 1. The summed E-state index contributed by atoms with van der Waals surface area (Å²) in [4.78, 5) is 9.87. The third-order valence-electron chi connectivity index (χ3n) is 7.19. The fourth-order valence-corrected chi connectivity index (χ4v) is 5.18. The number of rotatable bonds is 3. The van der Waals surface area contributed by atoms with Gasteiger partial charge in [0.2, 0.25) is 0 Å². The summed E-state index contributed by atoms with van der Waals surface area (Å²) in [6, 6.07) is 8.78. The summed E-state index contributed by atoms with van der Waals surface area (Å²) in [5.74, 6) is 0.207. The second kappa shape index (κ2) is 8.42. The Kier molecular flexibility index (Phi) is 5.72. The van der Waals surface area contributed by atoms with Gasteiger partial charge in [0.1, 0.15) is 5.82 Å². The topological polar surface area (TPSA) is 31.9 Å². The van der Waals surface area contributed by atoms with Gasteiger partial charge in [-0.25, -0.2) is 4.98 Å². The zero-order chi connectivity index (χ0) is 25.9. The predicted molar refractivity (Wildman–Crippen MR) is 124 cm³/mol. The van der Waals surface area contributed by atoms with Crippen LogP contribution >= 0.6 is 0 Å². The van der Waals surface area contributed by atoms with E-state index in [9.17, 15) is 26.3 Å². The largest absolute Gasteiger partial charge is 0.416 e. The van der Waals surface area contributed by atoms with Crippen molar-refractivity contribution in [3.63, 3.8) is 0 Å². The minimum absolute atomic E-state index is 0.239. The molecule has 1 radical (unpaired) electrons. The molecule has 0 spiro atoms. The van der Waals surface area contributed by atoms with Crippen LogP contribution in [0.3, 0.4) is 0 Å². The Bertz CT molecular complexity index is 1360. The number of benzene rings is 2. The van der Waals surface area contributed by atoms with E-state index in [4.69, 9.17) is 0 Å². The van der Waals surface area contributed by atoms with E-state index >= 15 is 0 Å². The van der Waals surface area contributed by atoms with Crippen molar-refractivity contribution in [3.05, 3.63) is 88.4 Å². The number of likely N-dealkylation sites (tertiary alicyclic amines) is 1. The van der Waals surface area contributed by atoms with Crippen molar-refractivity contribution < 1.29 is 26.3 Å². The molecule has 1 unspecified atom stereocenters. The lowest BCUT2D eigenvalue weighted by molar-refractivity contribution is -0.138. The van der Waals surface area contributed by atoms with Gasteiger partial charge in [-0.2, -0.15) is 26.3 Å². The van der Waals surface area contributed by atoms with Crippen LogP contribution < -0.4 is 0 Å². The Labute approximate surface area is 204 Å². The van der Waals surface area contributed by atoms with Gasteiger partial charge in [-0.3, -0.25) is 0 Å². The molecule has 0 amide bonds. The number of fused-ring (bicyclic) bond motifs is 1. The third kappa shape index (κ3) is 4.29. The van der Waals surface area contributed by atoms with Gasteiger partial charge in [0, 0.05) is 18.2 Å². The van der Waals surface area contributed by atoms with Gasteiger partial charge >= 0.3 is 12.4 Å². The van der Waals surface area contributed by atoms with Crippen LogP contribution in [0.1, 0.15) is 61.5 Å². The van der Waals surface area contributed by atoms with Crippen molar-refractivity contribution in [3.8, 4) is 0 Å². The first-order chi connectivity index (χ1) is 16.9. The van der Waals surface area contributed by atoms with Gasteiger partial charge in [-0.15, -0.1) is 0 Å². The molecule has 189 valence electrons. The smallest absolute Gasteiger partial charge is 0.358 e. The Morgan fingerprint density at radius 3 is 2.47 bits per heavy atom. The average Bonchev–Trinajstić information content (AvgIpc) is 3.42. The van der Waals surface area contributed by atoms with Crippen molar-refractivity contribution in [2.45, 2.75) is 56.9 Å². The lowest BCUT2D eigenvalue weighted by atomic mass is 9.86. The van der Waals surface area contributed by atoms with Gasteiger partial charge in [0.05, 0.1) is 27.7 Å². The van der Waals surface area contributed by atoms with E-state index in [0.717, 1.165) is 35.9 Å². The predicted octanol–water partition coefficient (Wildman–Crippen LogP) is 7.73. The zero-order valence-corrected chi connectivity index (χ0v) is 19.7. The lowest BCUT2D eigenvalue weighted by Gasteiger charge is -2.39.